The summed E-state index contributed by atoms with van der Waals surface area (Å²) in [5.41, 5.74) is 3.64. The average molecular weight is 385 g/mol. The number of carbonyl (C=O) groups is 1. The van der Waals surface area contributed by atoms with Gasteiger partial charge in [0.25, 0.3) is 5.91 Å². The molecule has 2 aromatic carbocycles. The van der Waals surface area contributed by atoms with Crippen LogP contribution in [-0.2, 0) is 6.54 Å². The zero-order valence-corrected chi connectivity index (χ0v) is 16.5. The number of nitrogens with one attached hydrogen (secondary N) is 1. The lowest BCUT2D eigenvalue weighted by atomic mass is 10.1. The molecule has 2 aromatic heterocycles. The largest absolute Gasteiger partial charge is 0.344 e. The summed E-state index contributed by atoms with van der Waals surface area (Å²) in [4.78, 5) is 13.0. The Hall–Kier alpha value is -3.67. The van der Waals surface area contributed by atoms with Gasteiger partial charge in [-0.25, -0.2) is 4.68 Å². The van der Waals surface area contributed by atoms with E-state index in [4.69, 9.17) is 0 Å². The quantitative estimate of drug-likeness (QED) is 0.547. The molecular formula is C23H23N5O. The van der Waals surface area contributed by atoms with Gasteiger partial charge >= 0.3 is 0 Å². The van der Waals surface area contributed by atoms with Crippen LogP contribution >= 0.6 is 0 Å². The van der Waals surface area contributed by atoms with Crippen LogP contribution in [0.3, 0.4) is 0 Å². The first-order chi connectivity index (χ1) is 14.1. The maximum absolute atomic E-state index is 13.0. The molecule has 0 bridgehead atoms. The lowest BCUT2D eigenvalue weighted by Crippen LogP contribution is -2.28. The Morgan fingerprint density at radius 1 is 1.00 bits per heavy atom. The zero-order chi connectivity index (χ0) is 20.2. The number of benzene rings is 2. The Labute approximate surface area is 169 Å². The summed E-state index contributed by atoms with van der Waals surface area (Å²) in [6.45, 7) is 4.54. The Morgan fingerprint density at radius 3 is 2.38 bits per heavy atom. The van der Waals surface area contributed by atoms with E-state index < -0.39 is 0 Å². The van der Waals surface area contributed by atoms with Gasteiger partial charge in [0, 0.05) is 12.4 Å². The van der Waals surface area contributed by atoms with Crippen LogP contribution in [0.25, 0.3) is 5.82 Å². The Balaban J connectivity index is 1.63. The topological polar surface area (TPSA) is 64.7 Å². The van der Waals surface area contributed by atoms with E-state index in [2.05, 4.69) is 46.8 Å². The Kier molecular flexibility index (Phi) is 5.24. The fourth-order valence-electron chi connectivity index (χ4n) is 3.25. The van der Waals surface area contributed by atoms with Crippen molar-refractivity contribution in [3.63, 3.8) is 0 Å². The lowest BCUT2D eigenvalue weighted by Gasteiger charge is -2.14. The van der Waals surface area contributed by atoms with E-state index in [1.807, 2.05) is 66.3 Å². The van der Waals surface area contributed by atoms with Gasteiger partial charge in [-0.3, -0.25) is 4.79 Å². The molecule has 0 aliphatic heterocycles. The summed E-state index contributed by atoms with van der Waals surface area (Å²) in [5, 5.41) is 11.5. The van der Waals surface area contributed by atoms with Gasteiger partial charge < -0.3 is 9.88 Å². The van der Waals surface area contributed by atoms with E-state index in [0.29, 0.717) is 18.1 Å². The molecule has 0 aliphatic rings. The Bertz CT molecular complexity index is 1080. The summed E-state index contributed by atoms with van der Waals surface area (Å²) in [5.74, 6) is 0.397. The fraction of sp³-hybridized carbons (Fsp3) is 0.174. The van der Waals surface area contributed by atoms with Crippen LogP contribution in [-0.4, -0.2) is 25.5 Å². The van der Waals surface area contributed by atoms with Crippen molar-refractivity contribution in [3.05, 3.63) is 102 Å². The molecule has 1 atom stereocenters. The molecule has 4 rings (SSSR count). The number of carbonyl (C=O) groups excluding carboxylic acids is 1. The standard InChI is InChI=1S/C23H23N5O/c1-17-10-12-19(13-11-17)16-28-23(27-14-6-7-15-27)21(25-26-28)22(29)24-18(2)20-8-4-3-5-9-20/h3-15,18H,16H2,1-2H3,(H,24,29)/t18-/m1/s1. The third-order valence-corrected chi connectivity index (χ3v) is 4.87. The molecule has 4 aromatic rings. The number of hydrogen-bond acceptors (Lipinski definition) is 3. The van der Waals surface area contributed by atoms with Gasteiger partial charge in [-0.1, -0.05) is 65.4 Å². The second-order valence-electron chi connectivity index (χ2n) is 7.10. The smallest absolute Gasteiger partial charge is 0.276 e. The first-order valence-corrected chi connectivity index (χ1v) is 9.60. The molecule has 1 N–H and O–H groups in total. The van der Waals surface area contributed by atoms with E-state index >= 15 is 0 Å². The van der Waals surface area contributed by atoms with Gasteiger partial charge in [-0.2, -0.15) is 0 Å². The van der Waals surface area contributed by atoms with Gasteiger partial charge in [0.2, 0.25) is 0 Å². The second kappa shape index (κ2) is 8.14. The maximum atomic E-state index is 13.0. The minimum atomic E-state index is -0.250. The predicted molar refractivity (Wildman–Crippen MR) is 112 cm³/mol. The normalized spacial score (nSPS) is 11.9. The minimum absolute atomic E-state index is 0.136. The number of rotatable bonds is 6. The number of nitrogens with zero attached hydrogens (tertiary/aromatic N) is 4. The van der Waals surface area contributed by atoms with E-state index in [1.54, 1.807) is 4.68 Å². The fourth-order valence-corrected chi connectivity index (χ4v) is 3.25. The van der Waals surface area contributed by atoms with E-state index in [-0.39, 0.29) is 11.9 Å². The molecule has 0 saturated heterocycles. The Morgan fingerprint density at radius 2 is 1.69 bits per heavy atom. The molecule has 1 amide bonds. The van der Waals surface area contributed by atoms with Crippen LogP contribution in [0.4, 0.5) is 0 Å². The van der Waals surface area contributed by atoms with Crippen molar-refractivity contribution in [1.82, 2.24) is 24.9 Å². The highest BCUT2D eigenvalue weighted by atomic mass is 16.2. The number of hydrogen-bond donors (Lipinski definition) is 1. The van der Waals surface area contributed by atoms with Crippen molar-refractivity contribution in [2.24, 2.45) is 0 Å². The van der Waals surface area contributed by atoms with Crippen LogP contribution in [0, 0.1) is 6.92 Å². The lowest BCUT2D eigenvalue weighted by molar-refractivity contribution is 0.0934. The molecule has 6 heteroatoms. The van der Waals surface area contributed by atoms with Crippen LogP contribution in [0.5, 0.6) is 0 Å². The summed E-state index contributed by atoms with van der Waals surface area (Å²) >= 11 is 0. The molecule has 0 aliphatic carbocycles. The van der Waals surface area contributed by atoms with Gasteiger partial charge in [0.05, 0.1) is 12.6 Å². The third kappa shape index (κ3) is 4.11. The highest BCUT2D eigenvalue weighted by Crippen LogP contribution is 2.17. The van der Waals surface area contributed by atoms with Crippen molar-refractivity contribution in [2.75, 3.05) is 0 Å². The van der Waals surface area contributed by atoms with Crippen LogP contribution in [0.15, 0.2) is 79.1 Å². The number of amides is 1. The molecule has 29 heavy (non-hydrogen) atoms. The van der Waals surface area contributed by atoms with Gasteiger partial charge in [-0.15, -0.1) is 5.10 Å². The summed E-state index contributed by atoms with van der Waals surface area (Å²) in [6, 6.07) is 21.8. The van der Waals surface area contributed by atoms with Gasteiger partial charge in [-0.05, 0) is 37.1 Å². The van der Waals surface area contributed by atoms with Crippen molar-refractivity contribution in [3.8, 4) is 5.82 Å². The molecule has 6 nitrogen and oxygen atoms in total. The molecule has 0 spiro atoms. The first-order valence-electron chi connectivity index (χ1n) is 9.60. The monoisotopic (exact) mass is 385 g/mol. The van der Waals surface area contributed by atoms with E-state index in [9.17, 15) is 4.79 Å². The number of aryl methyl sites for hydroxylation is 1. The van der Waals surface area contributed by atoms with Crippen LogP contribution in [0.1, 0.15) is 40.1 Å². The predicted octanol–water partition coefficient (Wildman–Crippen LogP) is 3.92. The molecule has 0 radical (unpaired) electrons. The van der Waals surface area contributed by atoms with Gasteiger partial charge in [0.15, 0.2) is 11.5 Å². The van der Waals surface area contributed by atoms with Crippen LogP contribution in [0.2, 0.25) is 0 Å². The molecule has 0 fully saturated rings. The highest BCUT2D eigenvalue weighted by Gasteiger charge is 2.22. The molecule has 0 saturated carbocycles. The highest BCUT2D eigenvalue weighted by molar-refractivity contribution is 5.95. The van der Waals surface area contributed by atoms with Crippen molar-refractivity contribution < 1.29 is 4.79 Å². The maximum Gasteiger partial charge on any atom is 0.276 e. The van der Waals surface area contributed by atoms with Crippen molar-refractivity contribution in [2.45, 2.75) is 26.4 Å². The minimum Gasteiger partial charge on any atom is -0.344 e. The molecule has 2 heterocycles. The van der Waals surface area contributed by atoms with Crippen LogP contribution < -0.4 is 5.32 Å². The molecule has 0 unspecified atom stereocenters. The zero-order valence-electron chi connectivity index (χ0n) is 16.5. The van der Waals surface area contributed by atoms with E-state index in [0.717, 1.165) is 11.1 Å². The summed E-state index contributed by atoms with van der Waals surface area (Å²) < 4.78 is 3.63. The first kappa shape index (κ1) is 18.7. The third-order valence-electron chi connectivity index (χ3n) is 4.87. The second-order valence-corrected chi connectivity index (χ2v) is 7.10. The van der Waals surface area contributed by atoms with E-state index in [1.165, 1.54) is 5.56 Å². The van der Waals surface area contributed by atoms with Gasteiger partial charge in [0.1, 0.15) is 0 Å². The summed E-state index contributed by atoms with van der Waals surface area (Å²) in [6.07, 6.45) is 3.78. The SMILES string of the molecule is Cc1ccc(Cn2nnc(C(=O)N[C@H](C)c3ccccc3)c2-n2cccc2)cc1. The molecular weight excluding hydrogens is 362 g/mol. The summed E-state index contributed by atoms with van der Waals surface area (Å²) in [7, 11) is 0. The van der Waals surface area contributed by atoms with Crippen molar-refractivity contribution in [1.29, 1.82) is 0 Å². The van der Waals surface area contributed by atoms with Crippen molar-refractivity contribution >= 4 is 5.91 Å². The average Bonchev–Trinajstić information content (AvgIpc) is 3.40. The number of aromatic nitrogens is 4. The molecule has 146 valence electrons.